The standard InChI is InChI=1S/C30H52O4/c1-18(17-22(31)25(33)27(4,5)34)19-11-15-30(8)21-9-10-23-26(2,3)24(32)13-14-28(23,6)20(21)12-16-29(19,30)7/h9,18-20,22-25,31-34H,10-17H2,1-8H3/t18?,19-,20?,22+,23?,24?,25-,28+,29-,30+/m0/s1. The first kappa shape index (κ1) is 26.6. The van der Waals surface area contributed by atoms with Crippen LogP contribution in [0.15, 0.2) is 11.6 Å². The minimum Gasteiger partial charge on any atom is -0.393 e. The summed E-state index contributed by atoms with van der Waals surface area (Å²) < 4.78 is 0. The Labute approximate surface area is 208 Å². The van der Waals surface area contributed by atoms with Crippen molar-refractivity contribution in [2.24, 2.45) is 45.3 Å². The van der Waals surface area contributed by atoms with Crippen LogP contribution in [0.3, 0.4) is 0 Å². The Morgan fingerprint density at radius 3 is 2.26 bits per heavy atom. The fourth-order valence-corrected chi connectivity index (χ4v) is 9.80. The summed E-state index contributed by atoms with van der Waals surface area (Å²) in [5.41, 5.74) is 0.962. The first-order valence-electron chi connectivity index (χ1n) is 14.0. The molecule has 4 rings (SSSR count). The average molecular weight is 477 g/mol. The largest absolute Gasteiger partial charge is 0.393 e. The molecule has 4 unspecified atom stereocenters. The number of hydrogen-bond acceptors (Lipinski definition) is 4. The molecular formula is C30H52O4. The number of aliphatic hydroxyl groups excluding tert-OH is 3. The highest BCUT2D eigenvalue weighted by Gasteiger charge is 2.65. The van der Waals surface area contributed by atoms with Crippen molar-refractivity contribution in [1.29, 1.82) is 0 Å². The lowest BCUT2D eigenvalue weighted by Gasteiger charge is -2.64. The van der Waals surface area contributed by atoms with Crippen molar-refractivity contribution in [2.45, 2.75) is 131 Å². The third kappa shape index (κ3) is 3.68. The molecular weight excluding hydrogens is 424 g/mol. The van der Waals surface area contributed by atoms with Crippen molar-refractivity contribution in [1.82, 2.24) is 0 Å². The third-order valence-electron chi connectivity index (χ3n) is 12.3. The molecule has 4 aliphatic rings. The Morgan fingerprint density at radius 1 is 1.00 bits per heavy atom. The predicted molar refractivity (Wildman–Crippen MR) is 137 cm³/mol. The maximum absolute atomic E-state index is 10.8. The summed E-state index contributed by atoms with van der Waals surface area (Å²) in [4.78, 5) is 0. The van der Waals surface area contributed by atoms with Gasteiger partial charge in [0.25, 0.3) is 0 Å². The van der Waals surface area contributed by atoms with Gasteiger partial charge in [0.1, 0.15) is 6.10 Å². The van der Waals surface area contributed by atoms with Gasteiger partial charge in [-0.25, -0.2) is 0 Å². The van der Waals surface area contributed by atoms with Crippen LogP contribution in [0.2, 0.25) is 0 Å². The van der Waals surface area contributed by atoms with E-state index in [9.17, 15) is 20.4 Å². The summed E-state index contributed by atoms with van der Waals surface area (Å²) in [6.45, 7) is 17.5. The van der Waals surface area contributed by atoms with E-state index in [2.05, 4.69) is 47.6 Å². The summed E-state index contributed by atoms with van der Waals surface area (Å²) >= 11 is 0. The molecule has 34 heavy (non-hydrogen) atoms. The Morgan fingerprint density at radius 2 is 1.65 bits per heavy atom. The summed E-state index contributed by atoms with van der Waals surface area (Å²) in [6.07, 6.45) is 8.76. The Bertz CT molecular complexity index is 811. The molecule has 3 fully saturated rings. The van der Waals surface area contributed by atoms with Gasteiger partial charge in [-0.1, -0.05) is 53.2 Å². The lowest BCUT2D eigenvalue weighted by atomic mass is 9.41. The van der Waals surface area contributed by atoms with Gasteiger partial charge < -0.3 is 20.4 Å². The topological polar surface area (TPSA) is 80.9 Å². The van der Waals surface area contributed by atoms with Crippen LogP contribution in [0.25, 0.3) is 0 Å². The molecule has 3 saturated carbocycles. The highest BCUT2D eigenvalue weighted by atomic mass is 16.4. The molecule has 196 valence electrons. The SMILES string of the molecule is CC(C[C@@H](O)[C@H](O)C(C)(C)O)[C@@H]1CC[C@]2(C)C3=CCC4C(C)(C)C(O)CC[C@]4(C)C3CC[C@@]12C. The molecule has 4 aliphatic carbocycles. The number of rotatable bonds is 5. The van der Waals surface area contributed by atoms with E-state index in [1.807, 2.05) is 0 Å². The molecule has 0 amide bonds. The van der Waals surface area contributed by atoms with Gasteiger partial charge >= 0.3 is 0 Å². The first-order valence-corrected chi connectivity index (χ1v) is 14.0. The Kier molecular flexibility index (Phi) is 6.50. The zero-order chi connectivity index (χ0) is 25.5. The number of allylic oxidation sites excluding steroid dienone is 2. The fraction of sp³-hybridized carbons (Fsp3) is 0.933. The minimum absolute atomic E-state index is 0.0408. The van der Waals surface area contributed by atoms with Gasteiger partial charge in [-0.2, -0.15) is 0 Å². The van der Waals surface area contributed by atoms with Crippen molar-refractivity contribution in [3.05, 3.63) is 11.6 Å². The van der Waals surface area contributed by atoms with Crippen molar-refractivity contribution in [3.8, 4) is 0 Å². The van der Waals surface area contributed by atoms with Gasteiger partial charge in [-0.15, -0.1) is 0 Å². The molecule has 0 heterocycles. The Balaban J connectivity index is 1.60. The maximum Gasteiger partial charge on any atom is 0.108 e. The molecule has 0 aromatic rings. The minimum atomic E-state index is -1.30. The third-order valence-corrected chi connectivity index (χ3v) is 12.3. The van der Waals surface area contributed by atoms with Crippen molar-refractivity contribution >= 4 is 0 Å². The van der Waals surface area contributed by atoms with E-state index in [4.69, 9.17) is 0 Å². The summed E-state index contributed by atoms with van der Waals surface area (Å²) in [5.74, 6) is 1.91. The van der Waals surface area contributed by atoms with Gasteiger partial charge in [0, 0.05) is 0 Å². The lowest BCUT2D eigenvalue weighted by Crippen LogP contribution is -2.58. The molecule has 0 spiro atoms. The van der Waals surface area contributed by atoms with E-state index < -0.39 is 17.8 Å². The quantitative estimate of drug-likeness (QED) is 0.397. The van der Waals surface area contributed by atoms with Crippen LogP contribution in [-0.4, -0.2) is 44.3 Å². The zero-order valence-electron chi connectivity index (χ0n) is 23.1. The number of fused-ring (bicyclic) bond motifs is 5. The van der Waals surface area contributed by atoms with E-state index in [0.717, 1.165) is 25.7 Å². The van der Waals surface area contributed by atoms with Crippen molar-refractivity contribution in [3.63, 3.8) is 0 Å². The van der Waals surface area contributed by atoms with Gasteiger partial charge in [0.15, 0.2) is 0 Å². The number of aliphatic hydroxyl groups is 4. The molecule has 10 atom stereocenters. The van der Waals surface area contributed by atoms with Crippen molar-refractivity contribution in [2.75, 3.05) is 0 Å². The average Bonchev–Trinajstić information content (AvgIpc) is 3.01. The van der Waals surface area contributed by atoms with E-state index in [1.165, 1.54) is 19.3 Å². The smallest absolute Gasteiger partial charge is 0.108 e. The molecule has 4 nitrogen and oxygen atoms in total. The molecule has 0 saturated heterocycles. The zero-order valence-corrected chi connectivity index (χ0v) is 23.1. The van der Waals surface area contributed by atoms with Gasteiger partial charge in [0.2, 0.25) is 0 Å². The molecule has 0 aromatic carbocycles. The normalized spacial score (nSPS) is 46.5. The molecule has 4 N–H and O–H groups in total. The van der Waals surface area contributed by atoms with Gasteiger partial charge in [-0.05, 0) is 111 Å². The van der Waals surface area contributed by atoms with Crippen LogP contribution in [-0.2, 0) is 0 Å². The van der Waals surface area contributed by atoms with E-state index >= 15 is 0 Å². The number of hydrogen-bond donors (Lipinski definition) is 4. The highest BCUT2D eigenvalue weighted by molar-refractivity contribution is 5.33. The van der Waals surface area contributed by atoms with E-state index in [0.29, 0.717) is 24.2 Å². The second-order valence-corrected chi connectivity index (χ2v) is 14.7. The summed E-state index contributed by atoms with van der Waals surface area (Å²) in [7, 11) is 0. The van der Waals surface area contributed by atoms with Crippen molar-refractivity contribution < 1.29 is 20.4 Å². The van der Waals surface area contributed by atoms with Gasteiger partial charge in [-0.3, -0.25) is 0 Å². The first-order chi connectivity index (χ1) is 15.5. The second kappa shape index (κ2) is 8.30. The van der Waals surface area contributed by atoms with Crippen LogP contribution in [0.5, 0.6) is 0 Å². The molecule has 0 aromatic heterocycles. The molecule has 0 bridgehead atoms. The highest BCUT2D eigenvalue weighted by Crippen LogP contribution is 2.73. The van der Waals surface area contributed by atoms with Gasteiger partial charge in [0.05, 0.1) is 17.8 Å². The summed E-state index contributed by atoms with van der Waals surface area (Å²) in [5, 5.41) is 42.1. The lowest BCUT2D eigenvalue weighted by molar-refractivity contribution is -0.133. The monoisotopic (exact) mass is 476 g/mol. The second-order valence-electron chi connectivity index (χ2n) is 14.7. The van der Waals surface area contributed by atoms with Crippen LogP contribution in [0, 0.1) is 45.3 Å². The summed E-state index contributed by atoms with van der Waals surface area (Å²) in [6, 6.07) is 0. The fourth-order valence-electron chi connectivity index (χ4n) is 9.80. The maximum atomic E-state index is 10.8. The Hall–Kier alpha value is -0.420. The van der Waals surface area contributed by atoms with Crippen LogP contribution >= 0.6 is 0 Å². The van der Waals surface area contributed by atoms with Crippen LogP contribution in [0.4, 0.5) is 0 Å². The van der Waals surface area contributed by atoms with E-state index in [1.54, 1.807) is 19.4 Å². The van der Waals surface area contributed by atoms with Crippen LogP contribution in [0.1, 0.15) is 107 Å². The van der Waals surface area contributed by atoms with E-state index in [-0.39, 0.29) is 33.7 Å². The molecule has 4 heteroatoms. The van der Waals surface area contributed by atoms with Crippen LogP contribution < -0.4 is 0 Å². The predicted octanol–water partition coefficient (Wildman–Crippen LogP) is 5.47. The molecule has 0 radical (unpaired) electrons. The molecule has 0 aliphatic heterocycles.